The number of allylic oxidation sites excluding steroid dienone is 2. The van der Waals surface area contributed by atoms with Crippen molar-refractivity contribution in [2.45, 2.75) is 24.7 Å². The van der Waals surface area contributed by atoms with E-state index in [9.17, 15) is 19.5 Å². The molecule has 4 aliphatic rings. The number of primary amides is 1. The molecule has 3 heterocycles. The second kappa shape index (κ2) is 4.83. The van der Waals surface area contributed by atoms with Gasteiger partial charge in [-0.05, 0) is 14.0 Å². The molecule has 1 amide bonds. The number of hydrogen-bond acceptors (Lipinski definition) is 8. The molecule has 9 nitrogen and oxygen atoms in total. The minimum absolute atomic E-state index is 0.0432. The number of piperazine rings is 1. The Balaban J connectivity index is 1.82. The first-order valence-electron chi connectivity index (χ1n) is 7.97. The second-order valence-corrected chi connectivity index (χ2v) is 6.83. The summed E-state index contributed by atoms with van der Waals surface area (Å²) in [6.45, 7) is 1.67. The number of carbonyl (C=O) groups excluding carboxylic acids is 3. The lowest BCUT2D eigenvalue weighted by Gasteiger charge is -2.37. The van der Waals surface area contributed by atoms with Crippen LogP contribution in [0.4, 0.5) is 4.79 Å². The van der Waals surface area contributed by atoms with Gasteiger partial charge in [0.15, 0.2) is 11.5 Å². The van der Waals surface area contributed by atoms with E-state index in [-0.39, 0.29) is 47.1 Å². The summed E-state index contributed by atoms with van der Waals surface area (Å²) in [6.07, 6.45) is -1.00. The van der Waals surface area contributed by atoms with Crippen LogP contribution in [-0.2, 0) is 19.1 Å². The number of likely N-dealkylation sites (N-methyl/N-ethyl adjacent to an activating group) is 1. The zero-order valence-corrected chi connectivity index (χ0v) is 14.1. The Hall–Kier alpha value is -2.39. The number of aliphatic hydroxyl groups is 1. The Bertz CT molecular complexity index is 787. The van der Waals surface area contributed by atoms with Gasteiger partial charge in [-0.1, -0.05) is 0 Å². The third kappa shape index (κ3) is 1.77. The Morgan fingerprint density at radius 2 is 2.08 bits per heavy atom. The van der Waals surface area contributed by atoms with Crippen molar-refractivity contribution in [2.75, 3.05) is 27.3 Å². The smallest absolute Gasteiger partial charge is 0.404 e. The van der Waals surface area contributed by atoms with Gasteiger partial charge in [0.05, 0.1) is 24.8 Å². The number of fused-ring (bicyclic) bond motifs is 4. The van der Waals surface area contributed by atoms with E-state index < -0.39 is 23.5 Å². The predicted octanol–water partition coefficient (Wildman–Crippen LogP) is -1.28. The average molecular weight is 349 g/mol. The third-order valence-electron chi connectivity index (χ3n) is 5.80. The molecule has 0 aromatic heterocycles. The summed E-state index contributed by atoms with van der Waals surface area (Å²) in [5, 5.41) is 11.4. The van der Waals surface area contributed by atoms with Gasteiger partial charge in [0.25, 0.3) is 0 Å². The fourth-order valence-corrected chi connectivity index (χ4v) is 4.60. The monoisotopic (exact) mass is 349 g/mol. The quantitative estimate of drug-likeness (QED) is 0.477. The van der Waals surface area contributed by atoms with E-state index in [1.54, 1.807) is 4.90 Å². The SMILES string of the molecule is COC1=C(C)C(=O)C2=C(C1=O)[C@H](COC(N)=O)[C@@]1(O)[C@@H]3[C@@H](CN21)N3C. The number of methoxy groups -OCH3 is 1. The van der Waals surface area contributed by atoms with E-state index in [0.717, 1.165) is 0 Å². The molecule has 134 valence electrons. The lowest BCUT2D eigenvalue weighted by Crippen LogP contribution is -2.53. The molecular formula is C16H19N3O6. The van der Waals surface area contributed by atoms with Crippen LogP contribution in [0.1, 0.15) is 6.92 Å². The van der Waals surface area contributed by atoms with E-state index in [1.165, 1.54) is 14.0 Å². The highest BCUT2D eigenvalue weighted by atomic mass is 16.5. The van der Waals surface area contributed by atoms with Gasteiger partial charge in [0.2, 0.25) is 11.6 Å². The molecule has 9 heteroatoms. The number of hydrogen-bond donors (Lipinski definition) is 2. The fourth-order valence-electron chi connectivity index (χ4n) is 4.60. The standard InChI is InChI=1S/C16H19N3O6/c1-6-11(20)10-9(12(21)13(6)24-3)7(5-25-15(17)22)16(23)14-8(18(14)2)4-19(10)16/h7-8,14,23H,4-5H2,1-3H3,(H2,17,22)/t7-,8+,14-,16+,18?/m0/s1. The van der Waals surface area contributed by atoms with E-state index in [0.29, 0.717) is 6.54 Å². The van der Waals surface area contributed by atoms with Crippen LogP contribution in [0.15, 0.2) is 22.6 Å². The van der Waals surface area contributed by atoms with Crippen molar-refractivity contribution in [3.63, 3.8) is 0 Å². The van der Waals surface area contributed by atoms with Gasteiger partial charge in [0, 0.05) is 23.7 Å². The first-order valence-corrected chi connectivity index (χ1v) is 7.97. The van der Waals surface area contributed by atoms with Crippen molar-refractivity contribution < 1.29 is 29.0 Å². The molecule has 0 bridgehead atoms. The minimum Gasteiger partial charge on any atom is -0.492 e. The highest BCUT2D eigenvalue weighted by Gasteiger charge is 2.74. The first-order chi connectivity index (χ1) is 11.7. The molecule has 0 aromatic rings. The molecular weight excluding hydrogens is 330 g/mol. The molecule has 4 rings (SSSR count). The van der Waals surface area contributed by atoms with Crippen LogP contribution in [0, 0.1) is 5.92 Å². The zero-order valence-electron chi connectivity index (χ0n) is 14.1. The molecule has 3 aliphatic heterocycles. The van der Waals surface area contributed by atoms with Crippen molar-refractivity contribution >= 4 is 17.7 Å². The Morgan fingerprint density at radius 1 is 1.40 bits per heavy atom. The van der Waals surface area contributed by atoms with Crippen LogP contribution in [-0.4, -0.2) is 77.7 Å². The summed E-state index contributed by atoms with van der Waals surface area (Å²) in [7, 11) is 3.18. The molecule has 2 saturated heterocycles. The number of nitrogens with zero attached hydrogens (tertiary/aromatic N) is 2. The molecule has 3 N–H and O–H groups in total. The van der Waals surface area contributed by atoms with Crippen LogP contribution >= 0.6 is 0 Å². The van der Waals surface area contributed by atoms with Crippen molar-refractivity contribution in [2.24, 2.45) is 11.7 Å². The van der Waals surface area contributed by atoms with Gasteiger partial charge in [0.1, 0.15) is 6.61 Å². The van der Waals surface area contributed by atoms with Crippen molar-refractivity contribution in [1.82, 2.24) is 9.80 Å². The number of nitrogens with two attached hydrogens (primary N) is 1. The van der Waals surface area contributed by atoms with Crippen molar-refractivity contribution in [3.8, 4) is 0 Å². The maximum Gasteiger partial charge on any atom is 0.404 e. The number of carbonyl (C=O) groups is 3. The summed E-state index contributed by atoms with van der Waals surface area (Å²) >= 11 is 0. The number of rotatable bonds is 3. The van der Waals surface area contributed by atoms with Gasteiger partial charge in [-0.15, -0.1) is 0 Å². The predicted molar refractivity (Wildman–Crippen MR) is 82.8 cm³/mol. The second-order valence-electron chi connectivity index (χ2n) is 6.83. The van der Waals surface area contributed by atoms with Crippen molar-refractivity contribution in [3.05, 3.63) is 22.6 Å². The van der Waals surface area contributed by atoms with Gasteiger partial charge >= 0.3 is 6.09 Å². The summed E-state index contributed by atoms with van der Waals surface area (Å²) in [5.74, 6) is -1.73. The van der Waals surface area contributed by atoms with Gasteiger partial charge in [-0.2, -0.15) is 0 Å². The van der Waals surface area contributed by atoms with Crippen LogP contribution in [0.25, 0.3) is 0 Å². The van der Waals surface area contributed by atoms with Crippen LogP contribution in [0.2, 0.25) is 0 Å². The summed E-state index contributed by atoms with van der Waals surface area (Å²) < 4.78 is 10.0. The fraction of sp³-hybridized carbons (Fsp3) is 0.562. The molecule has 1 aliphatic carbocycles. The maximum absolute atomic E-state index is 12.9. The van der Waals surface area contributed by atoms with Crippen LogP contribution < -0.4 is 5.73 Å². The molecule has 0 saturated carbocycles. The molecule has 0 radical (unpaired) electrons. The normalized spacial score (nSPS) is 38.6. The maximum atomic E-state index is 12.9. The Kier molecular flexibility index (Phi) is 3.11. The van der Waals surface area contributed by atoms with E-state index in [2.05, 4.69) is 0 Å². The number of ether oxygens (including phenoxy) is 2. The van der Waals surface area contributed by atoms with Crippen LogP contribution in [0.5, 0.6) is 0 Å². The molecule has 1 unspecified atom stereocenters. The number of amides is 1. The van der Waals surface area contributed by atoms with E-state index >= 15 is 0 Å². The largest absolute Gasteiger partial charge is 0.492 e. The summed E-state index contributed by atoms with van der Waals surface area (Å²) in [6, 6.07) is -0.155. The average Bonchev–Trinajstić information content (AvgIpc) is 2.96. The van der Waals surface area contributed by atoms with Gasteiger partial charge in [-0.3, -0.25) is 14.5 Å². The molecule has 5 atom stereocenters. The van der Waals surface area contributed by atoms with E-state index in [1.807, 2.05) is 11.9 Å². The van der Waals surface area contributed by atoms with Gasteiger partial charge < -0.3 is 25.2 Å². The molecule has 0 spiro atoms. The Morgan fingerprint density at radius 3 is 2.68 bits per heavy atom. The number of ketones is 2. The van der Waals surface area contributed by atoms with Crippen molar-refractivity contribution in [1.29, 1.82) is 0 Å². The molecule has 2 fully saturated rings. The summed E-state index contributed by atoms with van der Waals surface area (Å²) in [4.78, 5) is 40.4. The molecule has 25 heavy (non-hydrogen) atoms. The Labute approximate surface area is 143 Å². The lowest BCUT2D eigenvalue weighted by atomic mass is 9.83. The minimum atomic E-state index is -1.49. The topological polar surface area (TPSA) is 122 Å². The highest BCUT2D eigenvalue weighted by Crippen LogP contribution is 2.57. The summed E-state index contributed by atoms with van der Waals surface area (Å²) in [5.41, 5.74) is 4.09. The lowest BCUT2D eigenvalue weighted by molar-refractivity contribution is -0.126. The zero-order chi connectivity index (χ0) is 18.3. The number of Topliss-reactive ketones (excluding diaryl/α,β-unsaturated/α-hetero) is 2. The highest BCUT2D eigenvalue weighted by molar-refractivity contribution is 6.25. The third-order valence-corrected chi connectivity index (χ3v) is 5.80. The molecule has 0 aromatic carbocycles. The van der Waals surface area contributed by atoms with Gasteiger partial charge in [-0.25, -0.2) is 4.79 Å². The first kappa shape index (κ1) is 16.1. The van der Waals surface area contributed by atoms with Crippen LogP contribution in [0.3, 0.4) is 0 Å². The van der Waals surface area contributed by atoms with E-state index in [4.69, 9.17) is 15.2 Å².